The van der Waals surface area contributed by atoms with Gasteiger partial charge >= 0.3 is 0 Å². The molecule has 0 heteroatoms. The van der Waals surface area contributed by atoms with Gasteiger partial charge in [0.2, 0.25) is 0 Å². The normalized spacial score (nSPS) is 11.3. The maximum atomic E-state index is 2.42. The Bertz CT molecular complexity index is 2930. The van der Waals surface area contributed by atoms with Gasteiger partial charge in [-0.25, -0.2) is 0 Å². The van der Waals surface area contributed by atoms with Crippen molar-refractivity contribution in [2.75, 3.05) is 0 Å². The molecule has 0 aromatic heterocycles. The van der Waals surface area contributed by atoms with Gasteiger partial charge in [0.25, 0.3) is 0 Å². The molecule has 0 bridgehead atoms. The highest BCUT2D eigenvalue weighted by atomic mass is 14.2. The fraction of sp³-hybridized carbons (Fsp3) is 0. The molecule has 0 saturated carbocycles. The van der Waals surface area contributed by atoms with E-state index in [1.54, 1.807) is 0 Å². The standard InChI is InChI=1S/C54H36/c1-3-13-37(14-4-1)39-25-27-41(28-26-39)46-33-34-51-52(36-46)53(43-31-29-40(30-32-43)45-20-11-19-44(35-45)38-15-5-2-6-16-38)49-22-9-10-23-50(49)54(51)48-24-12-18-42-17-7-8-21-47(42)48/h1-36H. The topological polar surface area (TPSA) is 0 Å². The minimum atomic E-state index is 1.20. The highest BCUT2D eigenvalue weighted by molar-refractivity contribution is 6.24. The number of rotatable bonds is 6. The van der Waals surface area contributed by atoms with Crippen LogP contribution in [0.2, 0.25) is 0 Å². The van der Waals surface area contributed by atoms with Crippen LogP contribution in [0.1, 0.15) is 0 Å². The fourth-order valence-electron chi connectivity index (χ4n) is 8.23. The molecule has 0 amide bonds. The van der Waals surface area contributed by atoms with Crippen molar-refractivity contribution in [2.45, 2.75) is 0 Å². The van der Waals surface area contributed by atoms with E-state index in [0.717, 1.165) is 0 Å². The minimum absolute atomic E-state index is 1.20. The van der Waals surface area contributed by atoms with Crippen LogP contribution >= 0.6 is 0 Å². The molecule has 0 aliphatic rings. The number of benzene rings is 10. The summed E-state index contributed by atoms with van der Waals surface area (Å²) in [5, 5.41) is 7.53. The summed E-state index contributed by atoms with van der Waals surface area (Å²) in [6, 6.07) is 79.7. The molecule has 10 aromatic rings. The van der Waals surface area contributed by atoms with Crippen molar-refractivity contribution in [1.82, 2.24) is 0 Å². The van der Waals surface area contributed by atoms with Gasteiger partial charge in [-0.05, 0) is 111 Å². The lowest BCUT2D eigenvalue weighted by atomic mass is 9.83. The lowest BCUT2D eigenvalue weighted by molar-refractivity contribution is 1.58. The molecule has 0 nitrogen and oxygen atoms in total. The van der Waals surface area contributed by atoms with Crippen LogP contribution in [0.15, 0.2) is 218 Å². The zero-order valence-electron chi connectivity index (χ0n) is 29.8. The summed E-state index contributed by atoms with van der Waals surface area (Å²) in [4.78, 5) is 0. The van der Waals surface area contributed by atoms with Gasteiger partial charge < -0.3 is 0 Å². The van der Waals surface area contributed by atoms with E-state index in [-0.39, 0.29) is 0 Å². The maximum absolute atomic E-state index is 2.42. The first-order chi connectivity index (χ1) is 26.8. The molecular weight excluding hydrogens is 649 g/mol. The zero-order chi connectivity index (χ0) is 35.8. The molecule has 10 rings (SSSR count). The van der Waals surface area contributed by atoms with E-state index in [4.69, 9.17) is 0 Å². The van der Waals surface area contributed by atoms with Crippen LogP contribution in [-0.4, -0.2) is 0 Å². The second-order valence-corrected chi connectivity index (χ2v) is 14.1. The number of hydrogen-bond donors (Lipinski definition) is 0. The molecule has 0 heterocycles. The first-order valence-corrected chi connectivity index (χ1v) is 18.7. The van der Waals surface area contributed by atoms with Gasteiger partial charge in [-0.15, -0.1) is 0 Å². The Morgan fingerprint density at radius 1 is 0.185 bits per heavy atom. The van der Waals surface area contributed by atoms with Crippen LogP contribution in [0.5, 0.6) is 0 Å². The maximum Gasteiger partial charge on any atom is -0.00201 e. The van der Waals surface area contributed by atoms with Gasteiger partial charge in [-0.3, -0.25) is 0 Å². The Hall–Kier alpha value is -7.02. The van der Waals surface area contributed by atoms with Crippen molar-refractivity contribution < 1.29 is 0 Å². The molecule has 252 valence electrons. The first-order valence-electron chi connectivity index (χ1n) is 18.7. The van der Waals surface area contributed by atoms with Crippen LogP contribution in [-0.2, 0) is 0 Å². The summed E-state index contributed by atoms with van der Waals surface area (Å²) in [5.74, 6) is 0. The van der Waals surface area contributed by atoms with Crippen molar-refractivity contribution >= 4 is 32.3 Å². The summed E-state index contributed by atoms with van der Waals surface area (Å²) in [5.41, 5.74) is 14.7. The van der Waals surface area contributed by atoms with Gasteiger partial charge in [0.1, 0.15) is 0 Å². The largest absolute Gasteiger partial charge is 0.0622 e. The third-order valence-corrected chi connectivity index (χ3v) is 10.9. The van der Waals surface area contributed by atoms with E-state index in [0.29, 0.717) is 0 Å². The SMILES string of the molecule is c1ccc(-c2ccc(-c3ccc4c(-c5cccc6ccccc56)c5ccccc5c(-c5ccc(-c6cccc(-c7ccccc7)c6)cc5)c4c3)cc2)cc1. The summed E-state index contributed by atoms with van der Waals surface area (Å²) >= 11 is 0. The predicted molar refractivity (Wildman–Crippen MR) is 232 cm³/mol. The molecule has 10 aromatic carbocycles. The van der Waals surface area contributed by atoms with Gasteiger partial charge in [-0.2, -0.15) is 0 Å². The van der Waals surface area contributed by atoms with E-state index in [1.807, 2.05) is 0 Å². The number of fused-ring (bicyclic) bond motifs is 3. The average Bonchev–Trinajstić information content (AvgIpc) is 3.26. The van der Waals surface area contributed by atoms with Crippen LogP contribution in [0.4, 0.5) is 0 Å². The molecule has 0 unspecified atom stereocenters. The molecule has 0 radical (unpaired) electrons. The third kappa shape index (κ3) is 5.66. The molecule has 0 atom stereocenters. The quantitative estimate of drug-likeness (QED) is 0.153. The summed E-state index contributed by atoms with van der Waals surface area (Å²) < 4.78 is 0. The van der Waals surface area contributed by atoms with Gasteiger partial charge in [0, 0.05) is 0 Å². The van der Waals surface area contributed by atoms with Crippen LogP contribution in [0.3, 0.4) is 0 Å². The molecule has 0 aliphatic heterocycles. The smallest absolute Gasteiger partial charge is 0.00201 e. The van der Waals surface area contributed by atoms with Crippen molar-refractivity contribution in [3.63, 3.8) is 0 Å². The predicted octanol–water partition coefficient (Wildman–Crippen LogP) is 15.1. The van der Waals surface area contributed by atoms with Gasteiger partial charge in [0.15, 0.2) is 0 Å². The highest BCUT2D eigenvalue weighted by Gasteiger charge is 2.19. The van der Waals surface area contributed by atoms with Crippen molar-refractivity contribution in [3.8, 4) is 66.8 Å². The zero-order valence-corrected chi connectivity index (χ0v) is 29.8. The molecule has 0 spiro atoms. The van der Waals surface area contributed by atoms with E-state index < -0.39 is 0 Å². The van der Waals surface area contributed by atoms with Gasteiger partial charge in [-0.1, -0.05) is 206 Å². The van der Waals surface area contributed by atoms with E-state index in [9.17, 15) is 0 Å². The van der Waals surface area contributed by atoms with Crippen molar-refractivity contribution in [1.29, 1.82) is 0 Å². The van der Waals surface area contributed by atoms with E-state index in [1.165, 1.54) is 99.1 Å². The third-order valence-electron chi connectivity index (χ3n) is 10.9. The van der Waals surface area contributed by atoms with Gasteiger partial charge in [0.05, 0.1) is 0 Å². The van der Waals surface area contributed by atoms with Crippen molar-refractivity contribution in [3.05, 3.63) is 218 Å². The lowest BCUT2D eigenvalue weighted by Crippen LogP contribution is -1.92. The minimum Gasteiger partial charge on any atom is -0.0622 e. The number of hydrogen-bond acceptors (Lipinski definition) is 0. The Morgan fingerprint density at radius 2 is 0.574 bits per heavy atom. The monoisotopic (exact) mass is 684 g/mol. The van der Waals surface area contributed by atoms with E-state index in [2.05, 4.69) is 218 Å². The van der Waals surface area contributed by atoms with Crippen LogP contribution in [0.25, 0.3) is 99.1 Å². The molecule has 0 saturated heterocycles. The fourth-order valence-corrected chi connectivity index (χ4v) is 8.23. The molecular formula is C54H36. The van der Waals surface area contributed by atoms with Crippen LogP contribution < -0.4 is 0 Å². The summed E-state index contributed by atoms with van der Waals surface area (Å²) in [6.45, 7) is 0. The van der Waals surface area contributed by atoms with Crippen molar-refractivity contribution in [2.24, 2.45) is 0 Å². The Balaban J connectivity index is 1.18. The lowest BCUT2D eigenvalue weighted by Gasteiger charge is -2.20. The van der Waals surface area contributed by atoms with E-state index >= 15 is 0 Å². The summed E-state index contributed by atoms with van der Waals surface area (Å²) in [6.07, 6.45) is 0. The Morgan fingerprint density at radius 3 is 1.22 bits per heavy atom. The van der Waals surface area contributed by atoms with Crippen LogP contribution in [0, 0.1) is 0 Å². The first kappa shape index (κ1) is 31.7. The summed E-state index contributed by atoms with van der Waals surface area (Å²) in [7, 11) is 0. The average molecular weight is 685 g/mol. The molecule has 0 aliphatic carbocycles. The Kier molecular flexibility index (Phi) is 7.93. The molecule has 0 N–H and O–H groups in total. The highest BCUT2D eigenvalue weighted by Crippen LogP contribution is 2.46. The Labute approximate surface area is 316 Å². The second-order valence-electron chi connectivity index (χ2n) is 14.1. The second kappa shape index (κ2) is 13.5. The molecule has 54 heavy (non-hydrogen) atoms. The molecule has 0 fully saturated rings.